The van der Waals surface area contributed by atoms with Gasteiger partial charge in [0, 0.05) is 18.0 Å². The Kier molecular flexibility index (Phi) is 5.86. The topological polar surface area (TPSA) is 27.1 Å². The minimum absolute atomic E-state index is 0.669. The van der Waals surface area contributed by atoms with Crippen molar-refractivity contribution in [2.75, 3.05) is 6.61 Å². The number of aromatic nitrogens is 2. The van der Waals surface area contributed by atoms with Crippen molar-refractivity contribution >= 4 is 22.6 Å². The average molecular weight is 405 g/mol. The molecule has 0 bridgehead atoms. The molecule has 0 aliphatic carbocycles. The van der Waals surface area contributed by atoms with Gasteiger partial charge in [0.1, 0.15) is 11.6 Å². The third kappa shape index (κ3) is 4.30. The monoisotopic (exact) mass is 404 g/mol. The van der Waals surface area contributed by atoms with E-state index in [4.69, 9.17) is 21.3 Å². The van der Waals surface area contributed by atoms with Crippen LogP contribution >= 0.6 is 11.6 Å². The fourth-order valence-corrected chi connectivity index (χ4v) is 3.81. The van der Waals surface area contributed by atoms with E-state index in [0.29, 0.717) is 13.0 Å². The van der Waals surface area contributed by atoms with Gasteiger partial charge in [-0.2, -0.15) is 0 Å². The predicted molar refractivity (Wildman–Crippen MR) is 120 cm³/mol. The van der Waals surface area contributed by atoms with E-state index in [1.54, 1.807) is 0 Å². The first-order chi connectivity index (χ1) is 14.1. The maximum Gasteiger partial charge on any atom is 0.122 e. The van der Waals surface area contributed by atoms with E-state index in [2.05, 4.69) is 48.7 Å². The van der Waals surface area contributed by atoms with Crippen molar-refractivity contribution in [2.24, 2.45) is 0 Å². The summed E-state index contributed by atoms with van der Waals surface area (Å²) in [7, 11) is 0. The number of hydrogen-bond acceptors (Lipinski definition) is 2. The summed E-state index contributed by atoms with van der Waals surface area (Å²) in [5.41, 5.74) is 5.73. The summed E-state index contributed by atoms with van der Waals surface area (Å²) in [5.74, 6) is 2.00. The highest BCUT2D eigenvalue weighted by Gasteiger charge is 2.12. The lowest BCUT2D eigenvalue weighted by Gasteiger charge is -2.13. The van der Waals surface area contributed by atoms with Crippen molar-refractivity contribution in [1.29, 1.82) is 0 Å². The van der Waals surface area contributed by atoms with Gasteiger partial charge in [-0.05, 0) is 61.2 Å². The van der Waals surface area contributed by atoms with Gasteiger partial charge in [0.05, 0.1) is 17.6 Å². The number of benzene rings is 3. The normalized spacial score (nSPS) is 11.1. The molecule has 1 aromatic heterocycles. The van der Waals surface area contributed by atoms with Crippen molar-refractivity contribution in [3.8, 4) is 5.75 Å². The number of para-hydroxylation sites is 2. The molecule has 3 aromatic carbocycles. The van der Waals surface area contributed by atoms with Gasteiger partial charge in [-0.3, -0.25) is 0 Å². The van der Waals surface area contributed by atoms with Crippen LogP contribution in [0.5, 0.6) is 5.75 Å². The molecule has 0 amide bonds. The van der Waals surface area contributed by atoms with Gasteiger partial charge < -0.3 is 9.30 Å². The van der Waals surface area contributed by atoms with Crippen molar-refractivity contribution in [3.63, 3.8) is 0 Å². The van der Waals surface area contributed by atoms with Crippen LogP contribution in [0.2, 0.25) is 5.02 Å². The highest BCUT2D eigenvalue weighted by Crippen LogP contribution is 2.24. The molecule has 0 fully saturated rings. The van der Waals surface area contributed by atoms with Crippen LogP contribution in [0.3, 0.4) is 0 Å². The van der Waals surface area contributed by atoms with E-state index in [-0.39, 0.29) is 0 Å². The SMILES string of the molecule is Cc1cccc(OCCCn2c(Cc3ccccc3Cl)nc3ccccc32)c1C. The number of fused-ring (bicyclic) bond motifs is 1. The van der Waals surface area contributed by atoms with Crippen LogP contribution in [0.15, 0.2) is 66.7 Å². The highest BCUT2D eigenvalue weighted by molar-refractivity contribution is 6.31. The number of ether oxygens (including phenoxy) is 1. The molecule has 0 aliphatic rings. The number of aryl methyl sites for hydroxylation is 2. The largest absolute Gasteiger partial charge is 0.493 e. The number of hydrogen-bond donors (Lipinski definition) is 0. The first-order valence-electron chi connectivity index (χ1n) is 10.00. The van der Waals surface area contributed by atoms with Crippen LogP contribution < -0.4 is 4.74 Å². The molecule has 1 heterocycles. The third-order valence-corrected chi connectivity index (χ3v) is 5.75. The molecule has 0 unspecified atom stereocenters. The molecule has 4 rings (SSSR count). The second-order valence-electron chi connectivity index (χ2n) is 7.34. The summed E-state index contributed by atoms with van der Waals surface area (Å²) in [4.78, 5) is 4.88. The Morgan fingerprint density at radius 3 is 2.59 bits per heavy atom. The van der Waals surface area contributed by atoms with E-state index in [9.17, 15) is 0 Å². The minimum atomic E-state index is 0.669. The number of halogens is 1. The fourth-order valence-electron chi connectivity index (χ4n) is 3.61. The third-order valence-electron chi connectivity index (χ3n) is 5.38. The lowest BCUT2D eigenvalue weighted by molar-refractivity contribution is 0.300. The quantitative estimate of drug-likeness (QED) is 0.335. The van der Waals surface area contributed by atoms with Crippen LogP contribution in [0.4, 0.5) is 0 Å². The fraction of sp³-hybridized carbons (Fsp3) is 0.240. The van der Waals surface area contributed by atoms with E-state index < -0.39 is 0 Å². The van der Waals surface area contributed by atoms with Gasteiger partial charge >= 0.3 is 0 Å². The molecule has 0 aliphatic heterocycles. The zero-order valence-corrected chi connectivity index (χ0v) is 17.6. The van der Waals surface area contributed by atoms with Crippen LogP contribution in [0.1, 0.15) is 28.9 Å². The molecule has 3 nitrogen and oxygen atoms in total. The van der Waals surface area contributed by atoms with Crippen LogP contribution in [-0.2, 0) is 13.0 Å². The van der Waals surface area contributed by atoms with E-state index in [1.165, 1.54) is 11.1 Å². The van der Waals surface area contributed by atoms with Gasteiger partial charge in [0.15, 0.2) is 0 Å². The molecule has 0 saturated heterocycles. The zero-order valence-electron chi connectivity index (χ0n) is 16.9. The van der Waals surface area contributed by atoms with Crippen LogP contribution in [0.25, 0.3) is 11.0 Å². The maximum absolute atomic E-state index is 6.39. The van der Waals surface area contributed by atoms with Crippen molar-refractivity contribution < 1.29 is 4.74 Å². The smallest absolute Gasteiger partial charge is 0.122 e. The molecular weight excluding hydrogens is 380 g/mol. The summed E-state index contributed by atoms with van der Waals surface area (Å²) < 4.78 is 8.35. The summed E-state index contributed by atoms with van der Waals surface area (Å²) in [6, 6.07) is 22.5. The maximum atomic E-state index is 6.39. The van der Waals surface area contributed by atoms with E-state index >= 15 is 0 Å². The second kappa shape index (κ2) is 8.71. The van der Waals surface area contributed by atoms with Crippen molar-refractivity contribution in [3.05, 3.63) is 94.3 Å². The summed E-state index contributed by atoms with van der Waals surface area (Å²) >= 11 is 6.39. The Balaban J connectivity index is 1.51. The van der Waals surface area contributed by atoms with E-state index in [0.717, 1.165) is 46.2 Å². The Labute approximate surface area is 176 Å². The standard InChI is InChI=1S/C25H25ClN2O/c1-18-9-7-14-24(19(18)2)29-16-8-15-28-23-13-6-5-12-22(23)27-25(28)17-20-10-3-4-11-21(20)26/h3-7,9-14H,8,15-17H2,1-2H3. The Bertz CT molecular complexity index is 1130. The molecule has 0 N–H and O–H groups in total. The number of nitrogens with zero attached hydrogens (tertiary/aromatic N) is 2. The molecule has 29 heavy (non-hydrogen) atoms. The lowest BCUT2D eigenvalue weighted by atomic mass is 10.1. The first-order valence-corrected chi connectivity index (χ1v) is 10.4. The highest BCUT2D eigenvalue weighted by atomic mass is 35.5. The minimum Gasteiger partial charge on any atom is -0.493 e. The van der Waals surface area contributed by atoms with Gasteiger partial charge in [-0.1, -0.05) is 54.1 Å². The summed E-state index contributed by atoms with van der Waals surface area (Å²) in [5, 5.41) is 0.782. The number of rotatable bonds is 7. The Morgan fingerprint density at radius 2 is 1.72 bits per heavy atom. The first kappa shape index (κ1) is 19.5. The lowest BCUT2D eigenvalue weighted by Crippen LogP contribution is -2.09. The van der Waals surface area contributed by atoms with Gasteiger partial charge in [0.2, 0.25) is 0 Å². The Morgan fingerprint density at radius 1 is 0.931 bits per heavy atom. The molecule has 0 radical (unpaired) electrons. The molecule has 0 spiro atoms. The molecule has 4 heteroatoms. The van der Waals surface area contributed by atoms with Crippen molar-refractivity contribution in [2.45, 2.75) is 33.2 Å². The second-order valence-corrected chi connectivity index (χ2v) is 7.74. The van der Waals surface area contributed by atoms with Gasteiger partial charge in [-0.15, -0.1) is 0 Å². The van der Waals surface area contributed by atoms with Gasteiger partial charge in [0.25, 0.3) is 0 Å². The summed E-state index contributed by atoms with van der Waals surface area (Å²) in [6.45, 7) is 5.74. The van der Waals surface area contributed by atoms with Crippen LogP contribution in [0, 0.1) is 13.8 Å². The van der Waals surface area contributed by atoms with Crippen LogP contribution in [-0.4, -0.2) is 16.2 Å². The molecule has 148 valence electrons. The number of imidazole rings is 1. The predicted octanol–water partition coefficient (Wildman–Crippen LogP) is 6.37. The summed E-state index contributed by atoms with van der Waals surface area (Å²) in [6.07, 6.45) is 1.62. The molecule has 4 aromatic rings. The van der Waals surface area contributed by atoms with Gasteiger partial charge in [-0.25, -0.2) is 4.98 Å². The van der Waals surface area contributed by atoms with Crippen molar-refractivity contribution in [1.82, 2.24) is 9.55 Å². The Hall–Kier alpha value is -2.78. The molecule has 0 saturated carbocycles. The van der Waals surface area contributed by atoms with E-state index in [1.807, 2.05) is 36.4 Å². The molecular formula is C25H25ClN2O. The zero-order chi connectivity index (χ0) is 20.2. The molecule has 0 atom stereocenters. The average Bonchev–Trinajstić information content (AvgIpc) is 3.07.